The molecule has 1 nitrogen and oxygen atoms in total. The van der Waals surface area contributed by atoms with Crippen molar-refractivity contribution in [3.8, 4) is 0 Å². The fraction of sp³-hybridized carbons (Fsp3) is 0. The molecule has 50 valence electrons. The Balaban J connectivity index is 4.47. The maximum Gasteiger partial charge on any atom is 0.148 e. The lowest BCUT2D eigenvalue weighted by atomic mass is 10.3. The van der Waals surface area contributed by atoms with Crippen LogP contribution in [0.1, 0.15) is 0 Å². The summed E-state index contributed by atoms with van der Waals surface area (Å²) in [4.78, 5) is 0. The molecule has 0 bridgehead atoms. The van der Waals surface area contributed by atoms with Gasteiger partial charge in [0.25, 0.3) is 0 Å². The number of hydrogen-bond acceptors (Lipinski definition) is 1. The van der Waals surface area contributed by atoms with E-state index >= 15 is 0 Å². The molecule has 0 aliphatic carbocycles. The summed E-state index contributed by atoms with van der Waals surface area (Å²) in [6, 6.07) is 0. The predicted molar refractivity (Wildman–Crippen MR) is 32.8 cm³/mol. The van der Waals surface area contributed by atoms with Crippen molar-refractivity contribution in [3.63, 3.8) is 0 Å². The summed E-state index contributed by atoms with van der Waals surface area (Å²) in [6.45, 7) is 5.83. The Kier molecular flexibility index (Phi) is 2.64. The highest BCUT2D eigenvalue weighted by Gasteiger charge is 2.00. The molecule has 0 saturated heterocycles. The summed E-state index contributed by atoms with van der Waals surface area (Å²) < 4.78 is 24.0. The molecule has 0 amide bonds. The van der Waals surface area contributed by atoms with Crippen LogP contribution < -0.4 is 5.73 Å². The van der Waals surface area contributed by atoms with Gasteiger partial charge in [-0.15, -0.1) is 0 Å². The van der Waals surface area contributed by atoms with Crippen molar-refractivity contribution in [1.82, 2.24) is 0 Å². The smallest absolute Gasteiger partial charge is 0.148 e. The highest BCUT2D eigenvalue weighted by Crippen LogP contribution is 2.09. The van der Waals surface area contributed by atoms with E-state index in [1.54, 1.807) is 0 Å². The van der Waals surface area contributed by atoms with Gasteiger partial charge in [-0.3, -0.25) is 0 Å². The van der Waals surface area contributed by atoms with Crippen LogP contribution in [-0.4, -0.2) is 0 Å². The fourth-order valence-corrected chi connectivity index (χ4v) is 0.240. The van der Waals surface area contributed by atoms with Crippen LogP contribution in [0.25, 0.3) is 0 Å². The van der Waals surface area contributed by atoms with Gasteiger partial charge >= 0.3 is 0 Å². The van der Waals surface area contributed by atoms with Crippen LogP contribution >= 0.6 is 0 Å². The van der Waals surface area contributed by atoms with Gasteiger partial charge in [0.05, 0.1) is 0 Å². The monoisotopic (exact) mass is 131 g/mol. The lowest BCUT2D eigenvalue weighted by Gasteiger charge is -1.93. The number of hydrogen-bond donors (Lipinski definition) is 1. The first-order chi connectivity index (χ1) is 4.09. The third-order valence-electron chi connectivity index (χ3n) is 0.729. The maximum absolute atomic E-state index is 12.1. The lowest BCUT2D eigenvalue weighted by Crippen LogP contribution is -1.98. The molecule has 0 aliphatic rings. The molecule has 2 N–H and O–H groups in total. The van der Waals surface area contributed by atoms with Crippen LogP contribution in [0.3, 0.4) is 0 Å². The fourth-order valence-electron chi connectivity index (χ4n) is 0.240. The quantitative estimate of drug-likeness (QED) is 0.568. The van der Waals surface area contributed by atoms with Gasteiger partial charge in [0.2, 0.25) is 0 Å². The summed E-state index contributed by atoms with van der Waals surface area (Å²) in [6.07, 6.45) is 0.820. The van der Waals surface area contributed by atoms with Crippen LogP contribution in [-0.2, 0) is 0 Å². The molecule has 0 saturated carbocycles. The molecule has 0 unspecified atom stereocenters. The molecule has 0 aromatic rings. The number of rotatable bonds is 2. The molecular weight excluding hydrogens is 124 g/mol. The molecule has 3 heteroatoms. The normalized spacial score (nSPS) is 12.2. The van der Waals surface area contributed by atoms with E-state index in [1.807, 2.05) is 0 Å². The molecule has 0 atom stereocenters. The number of nitrogens with two attached hydrogens (primary N) is 1. The topological polar surface area (TPSA) is 26.0 Å². The summed E-state index contributed by atoms with van der Waals surface area (Å²) >= 11 is 0. The summed E-state index contributed by atoms with van der Waals surface area (Å²) in [7, 11) is 0. The van der Waals surface area contributed by atoms with Gasteiger partial charge in [0.1, 0.15) is 17.4 Å². The van der Waals surface area contributed by atoms with Crippen LogP contribution in [0.15, 0.2) is 36.6 Å². The third-order valence-corrected chi connectivity index (χ3v) is 0.729. The molecule has 0 rings (SSSR count). The van der Waals surface area contributed by atoms with Gasteiger partial charge in [-0.05, 0) is 6.08 Å². The number of allylic oxidation sites excluding steroid dienone is 3. The highest BCUT2D eigenvalue weighted by molar-refractivity contribution is 5.27. The molecular formula is C6H7F2N. The van der Waals surface area contributed by atoms with Crippen molar-refractivity contribution >= 4 is 0 Å². The molecule has 0 aromatic carbocycles. The lowest BCUT2D eigenvalue weighted by molar-refractivity contribution is 0.609. The molecule has 9 heavy (non-hydrogen) atoms. The highest BCUT2D eigenvalue weighted by atomic mass is 19.1. The van der Waals surface area contributed by atoms with Gasteiger partial charge in [-0.25, -0.2) is 8.78 Å². The predicted octanol–water partition coefficient (Wildman–Crippen LogP) is 1.80. The van der Waals surface area contributed by atoms with Gasteiger partial charge in [-0.1, -0.05) is 13.2 Å². The number of halogens is 2. The zero-order chi connectivity index (χ0) is 7.44. The zero-order valence-electron chi connectivity index (χ0n) is 4.82. The largest absolute Gasteiger partial charge is 0.394 e. The minimum atomic E-state index is -0.979. The van der Waals surface area contributed by atoms with E-state index in [-0.39, 0.29) is 0 Å². The van der Waals surface area contributed by atoms with Crippen molar-refractivity contribution < 1.29 is 8.78 Å². The molecule has 0 fully saturated rings. The summed E-state index contributed by atoms with van der Waals surface area (Å²) in [5.74, 6) is -1.87. The average molecular weight is 131 g/mol. The van der Waals surface area contributed by atoms with E-state index < -0.39 is 17.4 Å². The second kappa shape index (κ2) is 3.02. The van der Waals surface area contributed by atoms with Gasteiger partial charge in [0.15, 0.2) is 0 Å². The zero-order valence-corrected chi connectivity index (χ0v) is 4.82. The third kappa shape index (κ3) is 2.08. The van der Waals surface area contributed by atoms with Crippen molar-refractivity contribution in [2.24, 2.45) is 5.73 Å². The average Bonchev–Trinajstić information content (AvgIpc) is 1.84. The second-order valence-corrected chi connectivity index (χ2v) is 1.37. The van der Waals surface area contributed by atoms with Crippen LogP contribution in [0.4, 0.5) is 8.78 Å². The van der Waals surface area contributed by atoms with Crippen molar-refractivity contribution in [2.75, 3.05) is 0 Å². The second-order valence-electron chi connectivity index (χ2n) is 1.37. The summed E-state index contributed by atoms with van der Waals surface area (Å²) in [5, 5.41) is 0. The van der Waals surface area contributed by atoms with E-state index in [1.165, 1.54) is 0 Å². The van der Waals surface area contributed by atoms with Crippen LogP contribution in [0, 0.1) is 0 Å². The maximum atomic E-state index is 12.1. The van der Waals surface area contributed by atoms with E-state index in [0.717, 1.165) is 6.08 Å². The van der Waals surface area contributed by atoms with Crippen molar-refractivity contribution in [1.29, 1.82) is 0 Å². The first kappa shape index (κ1) is 7.88. The Labute approximate surface area is 52.2 Å². The van der Waals surface area contributed by atoms with E-state index in [9.17, 15) is 8.78 Å². The van der Waals surface area contributed by atoms with Gasteiger partial charge < -0.3 is 5.73 Å². The van der Waals surface area contributed by atoms with E-state index in [0.29, 0.717) is 0 Å². The first-order valence-electron chi connectivity index (χ1n) is 2.22. The van der Waals surface area contributed by atoms with Gasteiger partial charge in [0, 0.05) is 0 Å². The van der Waals surface area contributed by atoms with Crippen molar-refractivity contribution in [3.05, 3.63) is 36.6 Å². The Hall–Kier alpha value is -1.12. The Bertz CT molecular complexity index is 170. The molecule has 0 spiro atoms. The van der Waals surface area contributed by atoms with Crippen LogP contribution in [0.2, 0.25) is 0 Å². The molecule has 0 aliphatic heterocycles. The van der Waals surface area contributed by atoms with Crippen molar-refractivity contribution in [2.45, 2.75) is 0 Å². The van der Waals surface area contributed by atoms with Gasteiger partial charge in [-0.2, -0.15) is 0 Å². The molecule has 0 radical (unpaired) electrons. The standard InChI is InChI=1S/C6H7F2N/c1-3-5(8)6(9)4(2)7/h3H,1-2,9H2/b6-5-. The molecule has 0 heterocycles. The minimum Gasteiger partial charge on any atom is -0.394 e. The van der Waals surface area contributed by atoms with E-state index in [2.05, 4.69) is 13.2 Å². The van der Waals surface area contributed by atoms with E-state index in [4.69, 9.17) is 5.73 Å². The Morgan fingerprint density at radius 3 is 2.00 bits per heavy atom. The Morgan fingerprint density at radius 2 is 1.89 bits per heavy atom. The Morgan fingerprint density at radius 1 is 1.44 bits per heavy atom. The SMILES string of the molecule is C=C/C(F)=C(/N)C(=C)F. The molecule has 0 aromatic heterocycles. The minimum absolute atomic E-state index is 0.593. The van der Waals surface area contributed by atoms with Crippen LogP contribution in [0.5, 0.6) is 0 Å². The first-order valence-corrected chi connectivity index (χ1v) is 2.22. The summed E-state index contributed by atoms with van der Waals surface area (Å²) in [5.41, 5.74) is 4.24.